The predicted octanol–water partition coefficient (Wildman–Crippen LogP) is 3.35. The number of thiocarbonyl (C=S) groups is 1. The highest BCUT2D eigenvalue weighted by Gasteiger charge is 2.27. The summed E-state index contributed by atoms with van der Waals surface area (Å²) >= 11 is 11.7. The van der Waals surface area contributed by atoms with Crippen molar-refractivity contribution in [3.63, 3.8) is 0 Å². The Morgan fingerprint density at radius 3 is 2.56 bits per heavy atom. The molecule has 0 saturated carbocycles. The standard InChI is InChI=1S/C20H24ClN3S/c1-15-9-10-17(13-18(15)21)23-20(25)22-14-19(24-11-5-6-12-24)16-7-3-2-4-8-16/h2-4,7-10,13,19H,5-6,11-12,14H2,1H3,(H2,22,23,25)/p+1/t19-/m1/s1. The highest BCUT2D eigenvalue weighted by atomic mass is 35.5. The van der Waals surface area contributed by atoms with Crippen LogP contribution in [0.3, 0.4) is 0 Å². The number of halogens is 1. The van der Waals surface area contributed by atoms with E-state index in [2.05, 4.69) is 41.0 Å². The number of quaternary nitrogens is 1. The lowest BCUT2D eigenvalue weighted by atomic mass is 10.1. The summed E-state index contributed by atoms with van der Waals surface area (Å²) < 4.78 is 0. The molecular weight excluding hydrogens is 350 g/mol. The van der Waals surface area contributed by atoms with Gasteiger partial charge in [0, 0.05) is 29.1 Å². The fraction of sp³-hybridized carbons (Fsp3) is 0.350. The molecule has 0 spiro atoms. The van der Waals surface area contributed by atoms with Crippen LogP contribution in [0.2, 0.25) is 5.02 Å². The topological polar surface area (TPSA) is 28.5 Å². The minimum Gasteiger partial charge on any atom is -0.356 e. The van der Waals surface area contributed by atoms with E-state index in [-0.39, 0.29) is 0 Å². The number of hydrogen-bond donors (Lipinski definition) is 3. The first kappa shape index (κ1) is 18.2. The molecule has 25 heavy (non-hydrogen) atoms. The first-order chi connectivity index (χ1) is 12.1. The first-order valence-electron chi connectivity index (χ1n) is 8.84. The van der Waals surface area contributed by atoms with Crippen LogP contribution >= 0.6 is 23.8 Å². The average molecular weight is 375 g/mol. The van der Waals surface area contributed by atoms with Gasteiger partial charge in [0.25, 0.3) is 0 Å². The summed E-state index contributed by atoms with van der Waals surface area (Å²) in [7, 11) is 0. The van der Waals surface area contributed by atoms with Gasteiger partial charge in [0.05, 0.1) is 19.6 Å². The van der Waals surface area contributed by atoms with Gasteiger partial charge in [0.1, 0.15) is 6.04 Å². The second kappa shape index (κ2) is 8.65. The van der Waals surface area contributed by atoms with Crippen LogP contribution < -0.4 is 15.5 Å². The van der Waals surface area contributed by atoms with Crippen LogP contribution in [0.4, 0.5) is 5.69 Å². The third-order valence-corrected chi connectivity index (χ3v) is 5.49. The normalized spacial score (nSPS) is 15.8. The van der Waals surface area contributed by atoms with E-state index in [0.717, 1.165) is 22.8 Å². The molecule has 1 aliphatic rings. The zero-order valence-electron chi connectivity index (χ0n) is 14.5. The summed E-state index contributed by atoms with van der Waals surface area (Å²) in [5.41, 5.74) is 3.35. The zero-order chi connectivity index (χ0) is 17.6. The molecule has 3 N–H and O–H groups in total. The van der Waals surface area contributed by atoms with Crippen molar-refractivity contribution in [2.45, 2.75) is 25.8 Å². The highest BCUT2D eigenvalue weighted by Crippen LogP contribution is 2.20. The van der Waals surface area contributed by atoms with Crippen molar-refractivity contribution in [3.05, 3.63) is 64.7 Å². The molecule has 1 aliphatic heterocycles. The zero-order valence-corrected chi connectivity index (χ0v) is 16.1. The van der Waals surface area contributed by atoms with Crippen LogP contribution in [0, 0.1) is 6.92 Å². The Bertz CT molecular complexity index is 714. The maximum Gasteiger partial charge on any atom is 0.171 e. The Hall–Kier alpha value is -1.62. The van der Waals surface area contributed by atoms with Crippen LogP contribution in [0.15, 0.2) is 48.5 Å². The lowest BCUT2D eigenvalue weighted by Crippen LogP contribution is -3.11. The van der Waals surface area contributed by atoms with Crippen LogP contribution in [0.1, 0.15) is 30.0 Å². The molecule has 1 atom stereocenters. The Labute approximate surface area is 160 Å². The van der Waals surface area contributed by atoms with Crippen LogP contribution in [-0.4, -0.2) is 24.7 Å². The molecule has 0 amide bonds. The molecule has 0 unspecified atom stereocenters. The van der Waals surface area contributed by atoms with Gasteiger partial charge >= 0.3 is 0 Å². The monoisotopic (exact) mass is 374 g/mol. The number of benzene rings is 2. The summed E-state index contributed by atoms with van der Waals surface area (Å²) in [6, 6.07) is 17.0. The van der Waals surface area contributed by atoms with Gasteiger partial charge in [-0.2, -0.15) is 0 Å². The van der Waals surface area contributed by atoms with E-state index < -0.39 is 0 Å². The average Bonchev–Trinajstić information content (AvgIpc) is 3.14. The van der Waals surface area contributed by atoms with Gasteiger partial charge < -0.3 is 15.5 Å². The number of rotatable bonds is 5. The largest absolute Gasteiger partial charge is 0.356 e. The summed E-state index contributed by atoms with van der Waals surface area (Å²) in [6.07, 6.45) is 2.62. The van der Waals surface area contributed by atoms with Gasteiger partial charge in [0.15, 0.2) is 5.11 Å². The molecule has 0 aliphatic carbocycles. The summed E-state index contributed by atoms with van der Waals surface area (Å²) in [5.74, 6) is 0. The lowest BCUT2D eigenvalue weighted by Gasteiger charge is -2.26. The molecule has 132 valence electrons. The van der Waals surface area contributed by atoms with E-state index in [1.165, 1.54) is 31.5 Å². The van der Waals surface area contributed by atoms with Crippen molar-refractivity contribution in [1.82, 2.24) is 5.32 Å². The minimum absolute atomic E-state index is 0.421. The third-order valence-electron chi connectivity index (χ3n) is 4.84. The van der Waals surface area contributed by atoms with Crippen LogP contribution in [-0.2, 0) is 0 Å². The van der Waals surface area contributed by atoms with E-state index in [0.29, 0.717) is 11.2 Å². The third kappa shape index (κ3) is 4.94. The molecule has 1 saturated heterocycles. The fourth-order valence-electron chi connectivity index (χ4n) is 3.40. The fourth-order valence-corrected chi connectivity index (χ4v) is 3.78. The van der Waals surface area contributed by atoms with E-state index in [4.69, 9.17) is 23.8 Å². The molecule has 2 aromatic rings. The Balaban J connectivity index is 1.62. The second-order valence-electron chi connectivity index (χ2n) is 6.63. The molecule has 3 rings (SSSR count). The van der Waals surface area contributed by atoms with Gasteiger partial charge in [0.2, 0.25) is 0 Å². The lowest BCUT2D eigenvalue weighted by molar-refractivity contribution is -0.918. The smallest absolute Gasteiger partial charge is 0.171 e. The molecule has 3 nitrogen and oxygen atoms in total. The summed E-state index contributed by atoms with van der Waals surface area (Å²) in [6.45, 7) is 5.28. The van der Waals surface area contributed by atoms with Gasteiger partial charge in [-0.25, -0.2) is 0 Å². The van der Waals surface area contributed by atoms with E-state index >= 15 is 0 Å². The molecule has 1 fully saturated rings. The number of anilines is 1. The van der Waals surface area contributed by atoms with E-state index in [9.17, 15) is 0 Å². The quantitative estimate of drug-likeness (QED) is 0.701. The SMILES string of the molecule is Cc1ccc(NC(=S)NC[C@H](c2ccccc2)[NH+]2CCCC2)cc1Cl. The van der Waals surface area contributed by atoms with Gasteiger partial charge in [-0.15, -0.1) is 0 Å². The van der Waals surface area contributed by atoms with Crippen LogP contribution in [0.25, 0.3) is 0 Å². The van der Waals surface area contributed by atoms with Crippen LogP contribution in [0.5, 0.6) is 0 Å². The summed E-state index contributed by atoms with van der Waals surface area (Å²) in [5, 5.41) is 8.02. The van der Waals surface area contributed by atoms with Crippen molar-refractivity contribution in [1.29, 1.82) is 0 Å². The van der Waals surface area contributed by atoms with Crippen molar-refractivity contribution < 1.29 is 4.90 Å². The number of hydrogen-bond acceptors (Lipinski definition) is 1. The van der Waals surface area contributed by atoms with E-state index in [1.54, 1.807) is 4.90 Å². The predicted molar refractivity (Wildman–Crippen MR) is 110 cm³/mol. The molecule has 2 aromatic carbocycles. The highest BCUT2D eigenvalue weighted by molar-refractivity contribution is 7.80. The Morgan fingerprint density at radius 2 is 1.88 bits per heavy atom. The van der Waals surface area contributed by atoms with E-state index in [1.807, 2.05) is 25.1 Å². The van der Waals surface area contributed by atoms with Gasteiger partial charge in [-0.05, 0) is 36.8 Å². The summed E-state index contributed by atoms with van der Waals surface area (Å²) in [4.78, 5) is 1.64. The molecule has 0 aromatic heterocycles. The molecule has 0 bridgehead atoms. The van der Waals surface area contributed by atoms with Crippen molar-refractivity contribution >= 4 is 34.6 Å². The number of aryl methyl sites for hydroxylation is 1. The minimum atomic E-state index is 0.421. The Kier molecular flexibility index (Phi) is 6.29. The Morgan fingerprint density at radius 1 is 1.16 bits per heavy atom. The van der Waals surface area contributed by atoms with Crippen molar-refractivity contribution in [2.24, 2.45) is 0 Å². The molecule has 5 heteroatoms. The first-order valence-corrected chi connectivity index (χ1v) is 9.62. The maximum absolute atomic E-state index is 6.18. The van der Waals surface area contributed by atoms with Crippen molar-refractivity contribution in [3.8, 4) is 0 Å². The van der Waals surface area contributed by atoms with Gasteiger partial charge in [-0.3, -0.25) is 0 Å². The maximum atomic E-state index is 6.18. The molecule has 0 radical (unpaired) electrons. The van der Waals surface area contributed by atoms with Crippen molar-refractivity contribution in [2.75, 3.05) is 25.0 Å². The number of likely N-dealkylation sites (tertiary alicyclic amines) is 1. The molecule has 1 heterocycles. The van der Waals surface area contributed by atoms with Gasteiger partial charge in [-0.1, -0.05) is 48.0 Å². The number of nitrogens with one attached hydrogen (secondary N) is 3. The second-order valence-corrected chi connectivity index (χ2v) is 7.44. The molecular formula is C20H25ClN3S+.